The summed E-state index contributed by atoms with van der Waals surface area (Å²) in [4.78, 5) is 16.9. The molecule has 1 aliphatic carbocycles. The summed E-state index contributed by atoms with van der Waals surface area (Å²) in [6.45, 7) is 4.17. The van der Waals surface area contributed by atoms with Crippen molar-refractivity contribution >= 4 is 47.7 Å². The van der Waals surface area contributed by atoms with Crippen LogP contribution in [0.25, 0.3) is 0 Å². The number of nitrogens with two attached hydrogens (primary N) is 1. The molecule has 0 saturated carbocycles. The first-order chi connectivity index (χ1) is 10.5. The predicted molar refractivity (Wildman–Crippen MR) is 105 cm³/mol. The fourth-order valence-electron chi connectivity index (χ4n) is 2.87. The van der Waals surface area contributed by atoms with Crippen LogP contribution in [0.5, 0.6) is 0 Å². The van der Waals surface area contributed by atoms with E-state index in [1.54, 1.807) is 11.3 Å². The van der Waals surface area contributed by atoms with E-state index in [1.807, 2.05) is 23.6 Å². The average molecular weight is 388 g/mol. The molecule has 3 rings (SSSR count). The Kier molecular flexibility index (Phi) is 7.52. The van der Waals surface area contributed by atoms with E-state index in [-0.39, 0.29) is 36.8 Å². The van der Waals surface area contributed by atoms with E-state index in [4.69, 9.17) is 5.73 Å². The lowest BCUT2D eigenvalue weighted by Gasteiger charge is -2.26. The minimum Gasteiger partial charge on any atom is -0.399 e. The number of thiazole rings is 1. The van der Waals surface area contributed by atoms with Crippen LogP contribution >= 0.6 is 36.2 Å². The third kappa shape index (κ3) is 4.41. The lowest BCUT2D eigenvalue weighted by Crippen LogP contribution is -2.31. The molecule has 24 heavy (non-hydrogen) atoms. The Morgan fingerprint density at radius 2 is 2.12 bits per heavy atom. The number of aryl methyl sites for hydroxylation is 1. The zero-order valence-corrected chi connectivity index (χ0v) is 16.2. The SMILES string of the molecule is CC(C)c1nc(C(=O)NC2CCCc3cc(N)ccc32)cs1.Cl.Cl. The number of nitrogens with one attached hydrogen (secondary N) is 1. The number of halogens is 2. The first kappa shape index (κ1) is 20.7. The second-order valence-corrected chi connectivity index (χ2v) is 6.99. The molecule has 3 N–H and O–H groups in total. The Balaban J connectivity index is 0.00000144. The molecule has 1 aromatic heterocycles. The molecule has 1 heterocycles. The van der Waals surface area contributed by atoms with E-state index in [0.29, 0.717) is 11.6 Å². The molecule has 4 nitrogen and oxygen atoms in total. The van der Waals surface area contributed by atoms with Crippen molar-refractivity contribution in [3.63, 3.8) is 0 Å². The molecular formula is C17H23Cl2N3OS. The van der Waals surface area contributed by atoms with Crippen molar-refractivity contribution in [1.29, 1.82) is 0 Å². The van der Waals surface area contributed by atoms with Crippen molar-refractivity contribution in [2.75, 3.05) is 5.73 Å². The third-order valence-corrected chi connectivity index (χ3v) is 5.18. The number of carbonyl (C=O) groups is 1. The fourth-order valence-corrected chi connectivity index (χ4v) is 3.69. The number of hydrogen-bond acceptors (Lipinski definition) is 4. The Morgan fingerprint density at radius 1 is 1.38 bits per heavy atom. The van der Waals surface area contributed by atoms with Crippen LogP contribution in [0.3, 0.4) is 0 Å². The lowest BCUT2D eigenvalue weighted by atomic mass is 9.87. The molecule has 7 heteroatoms. The van der Waals surface area contributed by atoms with Crippen LogP contribution in [0, 0.1) is 0 Å². The third-order valence-electron chi connectivity index (χ3n) is 4.04. The van der Waals surface area contributed by atoms with Gasteiger partial charge in [-0.2, -0.15) is 0 Å². The number of fused-ring (bicyclic) bond motifs is 1. The summed E-state index contributed by atoms with van der Waals surface area (Å²) in [5.74, 6) is 0.266. The molecule has 2 aromatic rings. The molecule has 0 fully saturated rings. The maximum atomic E-state index is 12.4. The highest BCUT2D eigenvalue weighted by Gasteiger charge is 2.23. The highest BCUT2D eigenvalue weighted by molar-refractivity contribution is 7.09. The van der Waals surface area contributed by atoms with Crippen LogP contribution in [-0.4, -0.2) is 10.9 Å². The number of nitrogen functional groups attached to an aromatic ring is 1. The monoisotopic (exact) mass is 387 g/mol. The van der Waals surface area contributed by atoms with Gasteiger partial charge >= 0.3 is 0 Å². The molecule has 1 atom stereocenters. The first-order valence-electron chi connectivity index (χ1n) is 7.69. The molecule has 0 saturated heterocycles. The van der Waals surface area contributed by atoms with Gasteiger partial charge in [-0.15, -0.1) is 36.2 Å². The van der Waals surface area contributed by atoms with Crippen molar-refractivity contribution < 1.29 is 4.79 Å². The second kappa shape index (κ2) is 8.70. The van der Waals surface area contributed by atoms with Gasteiger partial charge in [-0.1, -0.05) is 19.9 Å². The molecular weight excluding hydrogens is 365 g/mol. The number of amides is 1. The van der Waals surface area contributed by atoms with E-state index >= 15 is 0 Å². The van der Waals surface area contributed by atoms with Crippen LogP contribution in [0.1, 0.15) is 65.3 Å². The van der Waals surface area contributed by atoms with Gasteiger partial charge in [0.15, 0.2) is 0 Å². The smallest absolute Gasteiger partial charge is 0.271 e. The van der Waals surface area contributed by atoms with Crippen LogP contribution in [0.15, 0.2) is 23.6 Å². The molecule has 1 aliphatic rings. The van der Waals surface area contributed by atoms with Gasteiger partial charge in [0.25, 0.3) is 5.91 Å². The number of nitrogens with zero attached hydrogens (tertiary/aromatic N) is 1. The molecule has 132 valence electrons. The summed E-state index contributed by atoms with van der Waals surface area (Å²) in [6.07, 6.45) is 3.06. The number of hydrogen-bond donors (Lipinski definition) is 2. The quantitative estimate of drug-likeness (QED) is 0.761. The van der Waals surface area contributed by atoms with E-state index in [2.05, 4.69) is 24.1 Å². The normalized spacial score (nSPS) is 15.9. The van der Waals surface area contributed by atoms with E-state index in [1.165, 1.54) is 11.1 Å². The van der Waals surface area contributed by atoms with E-state index in [9.17, 15) is 4.79 Å². The van der Waals surface area contributed by atoms with Gasteiger partial charge in [-0.05, 0) is 42.5 Å². The summed E-state index contributed by atoms with van der Waals surface area (Å²) in [6, 6.07) is 6.02. The highest BCUT2D eigenvalue weighted by atomic mass is 35.5. The molecule has 1 amide bonds. The minimum absolute atomic E-state index is 0. The molecule has 1 unspecified atom stereocenters. The molecule has 0 spiro atoms. The van der Waals surface area contributed by atoms with Gasteiger partial charge in [0, 0.05) is 17.0 Å². The Bertz CT molecular complexity index is 703. The molecule has 1 aromatic carbocycles. The van der Waals surface area contributed by atoms with Crippen LogP contribution < -0.4 is 11.1 Å². The number of aromatic nitrogens is 1. The number of rotatable bonds is 3. The van der Waals surface area contributed by atoms with Crippen LogP contribution in [0.2, 0.25) is 0 Å². The Hall–Kier alpha value is -1.30. The van der Waals surface area contributed by atoms with Crippen molar-refractivity contribution in [1.82, 2.24) is 10.3 Å². The molecule has 0 radical (unpaired) electrons. The Morgan fingerprint density at radius 3 is 2.79 bits per heavy atom. The molecule has 0 bridgehead atoms. The van der Waals surface area contributed by atoms with Crippen LogP contribution in [0.4, 0.5) is 5.69 Å². The predicted octanol–water partition coefficient (Wildman–Crippen LogP) is 4.50. The number of carbonyl (C=O) groups excluding carboxylic acids is 1. The maximum Gasteiger partial charge on any atom is 0.271 e. The minimum atomic E-state index is -0.0853. The van der Waals surface area contributed by atoms with Gasteiger partial charge in [0.1, 0.15) is 5.69 Å². The van der Waals surface area contributed by atoms with Crippen molar-refractivity contribution in [2.45, 2.75) is 45.1 Å². The van der Waals surface area contributed by atoms with Gasteiger partial charge in [-0.3, -0.25) is 4.79 Å². The topological polar surface area (TPSA) is 68.0 Å². The van der Waals surface area contributed by atoms with Crippen LogP contribution in [-0.2, 0) is 6.42 Å². The van der Waals surface area contributed by atoms with Gasteiger partial charge in [0.05, 0.1) is 11.0 Å². The second-order valence-electron chi connectivity index (χ2n) is 6.10. The van der Waals surface area contributed by atoms with Gasteiger partial charge in [0.2, 0.25) is 0 Å². The largest absolute Gasteiger partial charge is 0.399 e. The first-order valence-corrected chi connectivity index (χ1v) is 8.57. The summed E-state index contributed by atoms with van der Waals surface area (Å²) in [5.41, 5.74) is 9.60. The lowest BCUT2D eigenvalue weighted by molar-refractivity contribution is 0.0928. The van der Waals surface area contributed by atoms with Gasteiger partial charge < -0.3 is 11.1 Å². The molecule has 0 aliphatic heterocycles. The van der Waals surface area contributed by atoms with Crippen molar-refractivity contribution in [2.24, 2.45) is 0 Å². The summed E-state index contributed by atoms with van der Waals surface area (Å²) in [5, 5.41) is 5.97. The number of benzene rings is 1. The summed E-state index contributed by atoms with van der Waals surface area (Å²) in [7, 11) is 0. The standard InChI is InChI=1S/C17H21N3OS.2ClH/c1-10(2)17-20-15(9-22-17)16(21)19-14-5-3-4-11-8-12(18)6-7-13(11)14;;/h6-10,14H,3-5,18H2,1-2H3,(H,19,21);2*1H. The van der Waals surface area contributed by atoms with E-state index in [0.717, 1.165) is 30.0 Å². The summed E-state index contributed by atoms with van der Waals surface area (Å²) < 4.78 is 0. The summed E-state index contributed by atoms with van der Waals surface area (Å²) >= 11 is 1.55. The maximum absolute atomic E-state index is 12.4. The zero-order chi connectivity index (χ0) is 15.7. The zero-order valence-electron chi connectivity index (χ0n) is 13.7. The van der Waals surface area contributed by atoms with Crippen molar-refractivity contribution in [3.05, 3.63) is 45.4 Å². The highest BCUT2D eigenvalue weighted by Crippen LogP contribution is 2.31. The Labute approximate surface area is 159 Å². The van der Waals surface area contributed by atoms with Crippen molar-refractivity contribution in [3.8, 4) is 0 Å². The number of anilines is 1. The van der Waals surface area contributed by atoms with E-state index < -0.39 is 0 Å². The fraction of sp³-hybridized carbons (Fsp3) is 0.412. The van der Waals surface area contributed by atoms with Gasteiger partial charge in [-0.25, -0.2) is 4.98 Å². The average Bonchev–Trinajstić information content (AvgIpc) is 2.97.